The summed E-state index contributed by atoms with van der Waals surface area (Å²) >= 11 is 1.46. The van der Waals surface area contributed by atoms with Crippen LogP contribution in [-0.4, -0.2) is 33.9 Å². The van der Waals surface area contributed by atoms with Crippen LogP contribution < -0.4 is 5.56 Å². The fourth-order valence-electron chi connectivity index (χ4n) is 2.98. The lowest BCUT2D eigenvalue weighted by Gasteiger charge is -2.21. The molecule has 2 aromatic heterocycles. The third kappa shape index (κ3) is 5.00. The second-order valence-electron chi connectivity index (χ2n) is 6.52. The quantitative estimate of drug-likeness (QED) is 0.421. The molecule has 0 unspecified atom stereocenters. The molecule has 0 aliphatic rings. The summed E-state index contributed by atoms with van der Waals surface area (Å²) < 4.78 is 6.27. The molecule has 3 aromatic rings. The van der Waals surface area contributed by atoms with Gasteiger partial charge in [-0.25, -0.2) is 9.78 Å². The number of rotatable bonds is 8. The third-order valence-electron chi connectivity index (χ3n) is 4.48. The first-order chi connectivity index (χ1) is 14.0. The fraction of sp³-hybridized carbons (Fsp3) is 0.227. The summed E-state index contributed by atoms with van der Waals surface area (Å²) in [5, 5.41) is 0. The van der Waals surface area contributed by atoms with Gasteiger partial charge in [0, 0.05) is 29.9 Å². The predicted molar refractivity (Wildman–Crippen MR) is 116 cm³/mol. The molecule has 0 amide bonds. The van der Waals surface area contributed by atoms with Gasteiger partial charge in [-0.2, -0.15) is 0 Å². The Bertz CT molecular complexity index is 1100. The zero-order chi connectivity index (χ0) is 20.8. The van der Waals surface area contributed by atoms with Crippen LogP contribution in [0.3, 0.4) is 0 Å². The minimum atomic E-state index is -0.447. The van der Waals surface area contributed by atoms with E-state index in [0.717, 1.165) is 11.3 Å². The van der Waals surface area contributed by atoms with Gasteiger partial charge >= 0.3 is 5.97 Å². The molecule has 2 heterocycles. The number of hydrogen-bond acceptors (Lipinski definition) is 6. The van der Waals surface area contributed by atoms with Gasteiger partial charge in [0.1, 0.15) is 0 Å². The molecule has 0 fully saturated rings. The second-order valence-corrected chi connectivity index (χ2v) is 7.74. The number of benzene rings is 1. The molecule has 0 atom stereocenters. The number of carbonyl (C=O) groups excluding carboxylic acids is 1. The van der Waals surface area contributed by atoms with Crippen molar-refractivity contribution in [1.82, 2.24) is 14.3 Å². The Kier molecular flexibility index (Phi) is 6.61. The molecule has 0 aliphatic carbocycles. The van der Waals surface area contributed by atoms with Gasteiger partial charge in [-0.05, 0) is 25.0 Å². The predicted octanol–water partition coefficient (Wildman–Crippen LogP) is 3.44. The Balaban J connectivity index is 1.92. The number of thiazole rings is 1. The number of carbonyl (C=O) groups is 1. The maximum absolute atomic E-state index is 13.1. The van der Waals surface area contributed by atoms with Crippen LogP contribution in [0.1, 0.15) is 21.7 Å². The molecular formula is C22H23N3O3S. The Labute approximate surface area is 173 Å². The molecule has 0 saturated carbocycles. The number of esters is 1. The van der Waals surface area contributed by atoms with Crippen molar-refractivity contribution >= 4 is 28.3 Å². The van der Waals surface area contributed by atoms with Crippen molar-refractivity contribution in [2.24, 2.45) is 0 Å². The number of hydrogen-bond donors (Lipinski definition) is 0. The van der Waals surface area contributed by atoms with E-state index in [1.807, 2.05) is 42.2 Å². The minimum Gasteiger partial charge on any atom is -0.466 e. The average Bonchev–Trinajstić information content (AvgIpc) is 3.12. The smallest absolute Gasteiger partial charge is 0.331 e. The first-order valence-corrected chi connectivity index (χ1v) is 10.0. The normalized spacial score (nSPS) is 11.1. The Morgan fingerprint density at radius 1 is 1.34 bits per heavy atom. The van der Waals surface area contributed by atoms with Gasteiger partial charge in [0.15, 0.2) is 4.96 Å². The summed E-state index contributed by atoms with van der Waals surface area (Å²) in [6.45, 7) is 6.69. The first-order valence-electron chi connectivity index (χ1n) is 9.20. The maximum Gasteiger partial charge on any atom is 0.331 e. The van der Waals surface area contributed by atoms with E-state index in [9.17, 15) is 9.59 Å². The lowest BCUT2D eigenvalue weighted by Crippen LogP contribution is -2.28. The number of aromatic nitrogens is 2. The molecule has 29 heavy (non-hydrogen) atoms. The van der Waals surface area contributed by atoms with E-state index in [1.165, 1.54) is 30.1 Å². The molecule has 0 aliphatic heterocycles. The highest BCUT2D eigenvalue weighted by molar-refractivity contribution is 7.16. The number of nitrogens with zero attached hydrogens (tertiary/aromatic N) is 3. The SMILES string of the molecule is C=Cc1nc2sc(C)cn2c(=O)c1CN(C=CC(=O)OC)CCc1ccccc1. The molecule has 0 saturated heterocycles. The van der Waals surface area contributed by atoms with Crippen molar-refractivity contribution in [3.05, 3.63) is 87.4 Å². The highest BCUT2D eigenvalue weighted by atomic mass is 32.1. The Hall–Kier alpha value is -3.19. The third-order valence-corrected chi connectivity index (χ3v) is 5.38. The molecule has 0 spiro atoms. The van der Waals surface area contributed by atoms with Crippen LogP contribution in [0.15, 0.2) is 60.2 Å². The molecule has 0 radical (unpaired) electrons. The van der Waals surface area contributed by atoms with Gasteiger partial charge in [-0.1, -0.05) is 36.9 Å². The molecule has 3 rings (SSSR count). The second kappa shape index (κ2) is 9.34. The molecule has 0 N–H and O–H groups in total. The van der Waals surface area contributed by atoms with Crippen LogP contribution in [0.4, 0.5) is 0 Å². The number of methoxy groups -OCH3 is 1. The van der Waals surface area contributed by atoms with Crippen molar-refractivity contribution in [3.8, 4) is 0 Å². The summed E-state index contributed by atoms with van der Waals surface area (Å²) in [7, 11) is 1.33. The van der Waals surface area contributed by atoms with Crippen LogP contribution in [0.2, 0.25) is 0 Å². The Morgan fingerprint density at radius 2 is 2.10 bits per heavy atom. The monoisotopic (exact) mass is 409 g/mol. The van der Waals surface area contributed by atoms with Crippen LogP contribution in [-0.2, 0) is 22.5 Å². The minimum absolute atomic E-state index is 0.120. The van der Waals surface area contributed by atoms with E-state index >= 15 is 0 Å². The van der Waals surface area contributed by atoms with E-state index in [0.29, 0.717) is 29.3 Å². The van der Waals surface area contributed by atoms with E-state index in [-0.39, 0.29) is 5.56 Å². The summed E-state index contributed by atoms with van der Waals surface area (Å²) in [5.74, 6) is -0.447. The largest absolute Gasteiger partial charge is 0.466 e. The summed E-state index contributed by atoms with van der Waals surface area (Å²) in [6, 6.07) is 10.0. The maximum atomic E-state index is 13.1. The lowest BCUT2D eigenvalue weighted by molar-refractivity contribution is -0.134. The van der Waals surface area contributed by atoms with Crippen molar-refractivity contribution in [2.75, 3.05) is 13.7 Å². The molecule has 6 nitrogen and oxygen atoms in total. The van der Waals surface area contributed by atoms with Gasteiger partial charge in [-0.3, -0.25) is 9.20 Å². The zero-order valence-electron chi connectivity index (χ0n) is 16.5. The van der Waals surface area contributed by atoms with Crippen LogP contribution >= 0.6 is 11.3 Å². The van der Waals surface area contributed by atoms with Crippen molar-refractivity contribution in [1.29, 1.82) is 0 Å². The van der Waals surface area contributed by atoms with E-state index in [4.69, 9.17) is 4.74 Å². The number of fused-ring (bicyclic) bond motifs is 1. The van der Waals surface area contributed by atoms with Crippen molar-refractivity contribution < 1.29 is 9.53 Å². The fourth-order valence-corrected chi connectivity index (χ4v) is 3.81. The zero-order valence-corrected chi connectivity index (χ0v) is 17.3. The van der Waals surface area contributed by atoms with Crippen molar-refractivity contribution in [2.45, 2.75) is 19.9 Å². The van der Waals surface area contributed by atoms with Gasteiger partial charge in [-0.15, -0.1) is 11.3 Å². The topological polar surface area (TPSA) is 63.9 Å². The Morgan fingerprint density at radius 3 is 2.79 bits per heavy atom. The molecule has 1 aromatic carbocycles. The standard InChI is InChI=1S/C22H23N3O3S/c1-4-19-18(21(27)25-14-16(2)29-22(25)23-19)15-24(13-11-20(26)28-3)12-10-17-8-6-5-7-9-17/h4-9,11,13-14H,1,10,12,15H2,2-3H3. The summed E-state index contributed by atoms with van der Waals surface area (Å²) in [5.41, 5.74) is 2.16. The summed E-state index contributed by atoms with van der Waals surface area (Å²) in [6.07, 6.45) is 7.19. The lowest BCUT2D eigenvalue weighted by atomic mass is 10.1. The van der Waals surface area contributed by atoms with Gasteiger partial charge in [0.25, 0.3) is 5.56 Å². The van der Waals surface area contributed by atoms with Crippen LogP contribution in [0.5, 0.6) is 0 Å². The first kappa shape index (κ1) is 20.5. The highest BCUT2D eigenvalue weighted by Gasteiger charge is 2.15. The number of ether oxygens (including phenoxy) is 1. The van der Waals surface area contributed by atoms with E-state index < -0.39 is 5.97 Å². The molecular weight excluding hydrogens is 386 g/mol. The van der Waals surface area contributed by atoms with Crippen molar-refractivity contribution in [3.63, 3.8) is 0 Å². The van der Waals surface area contributed by atoms with Gasteiger partial charge < -0.3 is 9.64 Å². The van der Waals surface area contributed by atoms with E-state index in [1.54, 1.807) is 22.9 Å². The van der Waals surface area contributed by atoms with Gasteiger partial charge in [0.05, 0.1) is 24.9 Å². The molecule has 150 valence electrons. The van der Waals surface area contributed by atoms with Crippen LogP contribution in [0, 0.1) is 6.92 Å². The molecule has 0 bridgehead atoms. The molecule has 7 heteroatoms. The summed E-state index contributed by atoms with van der Waals surface area (Å²) in [4.78, 5) is 32.8. The highest BCUT2D eigenvalue weighted by Crippen LogP contribution is 2.17. The van der Waals surface area contributed by atoms with Crippen LogP contribution in [0.25, 0.3) is 11.0 Å². The number of aryl methyl sites for hydroxylation is 1. The van der Waals surface area contributed by atoms with E-state index in [2.05, 4.69) is 11.6 Å². The van der Waals surface area contributed by atoms with Gasteiger partial charge in [0.2, 0.25) is 0 Å². The average molecular weight is 410 g/mol.